The van der Waals surface area contributed by atoms with Gasteiger partial charge in [-0.15, -0.1) is 0 Å². The number of aryl methyl sites for hydroxylation is 1. The van der Waals surface area contributed by atoms with E-state index in [-0.39, 0.29) is 30.1 Å². The Morgan fingerprint density at radius 2 is 1.77 bits per heavy atom. The third kappa shape index (κ3) is 5.99. The topological polar surface area (TPSA) is 129 Å². The molecule has 9 nitrogen and oxygen atoms in total. The lowest BCUT2D eigenvalue weighted by molar-refractivity contribution is -0.152. The van der Waals surface area contributed by atoms with Crippen LogP contribution in [-0.2, 0) is 16.1 Å². The SMILES string of the molecule is CC(=O)c1ccc(O[C@H](C)C(=O)OCc2nc(N)nc(Nc3ccccc3C)n2)cc1. The molecule has 1 aromatic heterocycles. The molecule has 0 saturated carbocycles. The summed E-state index contributed by atoms with van der Waals surface area (Å²) in [5.74, 6) is 0.267. The van der Waals surface area contributed by atoms with Gasteiger partial charge < -0.3 is 20.5 Å². The lowest BCUT2D eigenvalue weighted by atomic mass is 10.1. The molecule has 0 fully saturated rings. The fourth-order valence-electron chi connectivity index (χ4n) is 2.67. The van der Waals surface area contributed by atoms with Crippen molar-refractivity contribution < 1.29 is 19.1 Å². The predicted octanol–water partition coefficient (Wildman–Crippen LogP) is 3.22. The normalized spacial score (nSPS) is 11.5. The third-order valence-corrected chi connectivity index (χ3v) is 4.34. The maximum absolute atomic E-state index is 12.3. The van der Waals surface area contributed by atoms with Crippen molar-refractivity contribution in [3.63, 3.8) is 0 Å². The maximum Gasteiger partial charge on any atom is 0.347 e. The molecule has 31 heavy (non-hydrogen) atoms. The van der Waals surface area contributed by atoms with Gasteiger partial charge in [-0.25, -0.2) is 4.79 Å². The number of hydrogen-bond donors (Lipinski definition) is 2. The summed E-state index contributed by atoms with van der Waals surface area (Å²) in [6, 6.07) is 14.2. The summed E-state index contributed by atoms with van der Waals surface area (Å²) in [6.45, 7) is 4.80. The van der Waals surface area contributed by atoms with Gasteiger partial charge in [0.25, 0.3) is 0 Å². The van der Waals surface area contributed by atoms with Crippen molar-refractivity contribution in [2.45, 2.75) is 33.5 Å². The van der Waals surface area contributed by atoms with Crippen molar-refractivity contribution >= 4 is 29.3 Å². The Bertz CT molecular complexity index is 1090. The average molecular weight is 421 g/mol. The molecule has 0 aliphatic carbocycles. The maximum atomic E-state index is 12.3. The summed E-state index contributed by atoms with van der Waals surface area (Å²) >= 11 is 0. The Kier molecular flexibility index (Phi) is 6.76. The van der Waals surface area contributed by atoms with Crippen LogP contribution in [0, 0.1) is 6.92 Å². The number of Topliss-reactive ketones (excluding diaryl/α,β-unsaturated/α-hetero) is 1. The first-order valence-corrected chi connectivity index (χ1v) is 9.59. The molecule has 2 aromatic carbocycles. The molecule has 0 saturated heterocycles. The molecule has 0 bridgehead atoms. The number of ether oxygens (including phenoxy) is 2. The minimum Gasteiger partial charge on any atom is -0.479 e. The van der Waals surface area contributed by atoms with E-state index in [1.807, 2.05) is 31.2 Å². The van der Waals surface area contributed by atoms with Gasteiger partial charge in [0.15, 0.2) is 24.3 Å². The highest BCUT2D eigenvalue weighted by Gasteiger charge is 2.18. The van der Waals surface area contributed by atoms with Crippen LogP contribution in [0.2, 0.25) is 0 Å². The number of para-hydroxylation sites is 1. The number of hydrogen-bond acceptors (Lipinski definition) is 9. The molecule has 0 aliphatic rings. The number of aromatic nitrogens is 3. The summed E-state index contributed by atoms with van der Waals surface area (Å²) < 4.78 is 10.8. The standard InChI is InChI=1S/C22H23N5O4/c1-13-6-4-5-7-18(13)24-22-26-19(25-21(23)27-22)12-30-20(29)15(3)31-17-10-8-16(9-11-17)14(2)28/h4-11,15H,12H2,1-3H3,(H3,23,24,25,26,27)/t15-/m1/s1. The largest absolute Gasteiger partial charge is 0.479 e. The van der Waals surface area contributed by atoms with E-state index in [2.05, 4.69) is 20.3 Å². The van der Waals surface area contributed by atoms with Gasteiger partial charge in [0.1, 0.15) is 5.75 Å². The van der Waals surface area contributed by atoms with Crippen LogP contribution in [0.5, 0.6) is 5.75 Å². The Morgan fingerprint density at radius 1 is 1.06 bits per heavy atom. The Hall–Kier alpha value is -4.01. The van der Waals surface area contributed by atoms with Crippen LogP contribution in [-0.4, -0.2) is 32.8 Å². The van der Waals surface area contributed by atoms with Crippen LogP contribution in [0.3, 0.4) is 0 Å². The summed E-state index contributed by atoms with van der Waals surface area (Å²) in [7, 11) is 0. The van der Waals surface area contributed by atoms with Crippen molar-refractivity contribution in [1.29, 1.82) is 0 Å². The van der Waals surface area contributed by atoms with Crippen molar-refractivity contribution in [3.8, 4) is 5.75 Å². The van der Waals surface area contributed by atoms with Crippen LogP contribution in [0.4, 0.5) is 17.6 Å². The summed E-state index contributed by atoms with van der Waals surface area (Å²) in [4.78, 5) is 35.9. The zero-order chi connectivity index (χ0) is 22.4. The van der Waals surface area contributed by atoms with Gasteiger partial charge in [-0.3, -0.25) is 4.79 Å². The lowest BCUT2D eigenvalue weighted by Crippen LogP contribution is -2.26. The number of nitrogens with two attached hydrogens (primary N) is 1. The minimum atomic E-state index is -0.869. The highest BCUT2D eigenvalue weighted by molar-refractivity contribution is 5.94. The number of nitrogens with zero attached hydrogens (tertiary/aromatic N) is 3. The molecular formula is C22H23N5O4. The summed E-state index contributed by atoms with van der Waals surface area (Å²) in [5.41, 5.74) is 8.16. The predicted molar refractivity (Wildman–Crippen MR) is 115 cm³/mol. The second-order valence-corrected chi connectivity index (χ2v) is 6.82. The molecular weight excluding hydrogens is 398 g/mol. The highest BCUT2D eigenvalue weighted by atomic mass is 16.6. The number of rotatable bonds is 8. The number of carbonyl (C=O) groups excluding carboxylic acids is 2. The van der Waals surface area contributed by atoms with Gasteiger partial charge in [0, 0.05) is 11.3 Å². The fraction of sp³-hybridized carbons (Fsp3) is 0.227. The molecule has 9 heteroatoms. The number of nitrogens with one attached hydrogen (secondary N) is 1. The highest BCUT2D eigenvalue weighted by Crippen LogP contribution is 2.18. The molecule has 3 aromatic rings. The third-order valence-electron chi connectivity index (χ3n) is 4.34. The van der Waals surface area contributed by atoms with E-state index in [1.54, 1.807) is 31.2 Å². The van der Waals surface area contributed by atoms with Crippen molar-refractivity contribution in [2.24, 2.45) is 0 Å². The average Bonchev–Trinajstić information content (AvgIpc) is 2.73. The number of anilines is 3. The molecule has 0 amide bonds. The zero-order valence-corrected chi connectivity index (χ0v) is 17.5. The van der Waals surface area contributed by atoms with E-state index in [4.69, 9.17) is 15.2 Å². The van der Waals surface area contributed by atoms with Gasteiger partial charge in [-0.05, 0) is 56.7 Å². The minimum absolute atomic E-state index is 0.00647. The number of nitrogen functional groups attached to an aromatic ring is 1. The van der Waals surface area contributed by atoms with Crippen molar-refractivity contribution in [3.05, 3.63) is 65.5 Å². The number of carbonyl (C=O) groups is 2. The van der Waals surface area contributed by atoms with Crippen molar-refractivity contribution in [2.75, 3.05) is 11.1 Å². The molecule has 1 atom stereocenters. The van der Waals surface area contributed by atoms with E-state index in [1.165, 1.54) is 6.92 Å². The van der Waals surface area contributed by atoms with Gasteiger partial charge in [0.2, 0.25) is 11.9 Å². The van der Waals surface area contributed by atoms with Gasteiger partial charge >= 0.3 is 5.97 Å². The lowest BCUT2D eigenvalue weighted by Gasteiger charge is -2.14. The van der Waals surface area contributed by atoms with Gasteiger partial charge in [0.05, 0.1) is 0 Å². The van der Waals surface area contributed by atoms with Crippen LogP contribution in [0.15, 0.2) is 48.5 Å². The molecule has 3 N–H and O–H groups in total. The van der Waals surface area contributed by atoms with Crippen LogP contribution < -0.4 is 15.8 Å². The molecule has 0 spiro atoms. The number of ketones is 1. The monoisotopic (exact) mass is 421 g/mol. The Morgan fingerprint density at radius 3 is 2.45 bits per heavy atom. The summed E-state index contributed by atoms with van der Waals surface area (Å²) in [6.07, 6.45) is -0.869. The Labute approximate surface area is 179 Å². The molecule has 0 radical (unpaired) electrons. The first kappa shape index (κ1) is 21.7. The van der Waals surface area contributed by atoms with Crippen LogP contribution in [0.1, 0.15) is 35.6 Å². The second kappa shape index (κ2) is 9.66. The smallest absolute Gasteiger partial charge is 0.347 e. The van der Waals surface area contributed by atoms with Crippen LogP contribution >= 0.6 is 0 Å². The van der Waals surface area contributed by atoms with Gasteiger partial charge in [-0.1, -0.05) is 18.2 Å². The van der Waals surface area contributed by atoms with Crippen LogP contribution in [0.25, 0.3) is 0 Å². The molecule has 3 rings (SSSR count). The molecule has 0 aliphatic heterocycles. The van der Waals surface area contributed by atoms with E-state index in [9.17, 15) is 9.59 Å². The van der Waals surface area contributed by atoms with E-state index in [0.717, 1.165) is 11.3 Å². The Balaban J connectivity index is 1.59. The summed E-state index contributed by atoms with van der Waals surface area (Å²) in [5, 5.41) is 3.08. The first-order valence-electron chi connectivity index (χ1n) is 9.59. The van der Waals surface area contributed by atoms with Crippen molar-refractivity contribution in [1.82, 2.24) is 15.0 Å². The molecule has 160 valence electrons. The van der Waals surface area contributed by atoms with E-state index in [0.29, 0.717) is 11.3 Å². The van der Waals surface area contributed by atoms with E-state index >= 15 is 0 Å². The fourth-order valence-corrected chi connectivity index (χ4v) is 2.67. The zero-order valence-electron chi connectivity index (χ0n) is 17.5. The number of benzene rings is 2. The second-order valence-electron chi connectivity index (χ2n) is 6.82. The quantitative estimate of drug-likeness (QED) is 0.416. The first-order chi connectivity index (χ1) is 14.8. The molecule has 1 heterocycles. The van der Waals surface area contributed by atoms with E-state index < -0.39 is 12.1 Å². The number of esters is 1. The molecule has 0 unspecified atom stereocenters. The van der Waals surface area contributed by atoms with Gasteiger partial charge in [-0.2, -0.15) is 15.0 Å².